The summed E-state index contributed by atoms with van der Waals surface area (Å²) in [5.41, 5.74) is 0. The largest absolute Gasteiger partial charge is 0.425 e. The highest BCUT2D eigenvalue weighted by molar-refractivity contribution is 6.37. The van der Waals surface area contributed by atoms with Crippen LogP contribution < -0.4 is 0 Å². The number of esters is 1. The first-order valence-electron chi connectivity index (χ1n) is 3.56. The van der Waals surface area contributed by atoms with Crippen LogP contribution in [0, 0.1) is 0 Å². The van der Waals surface area contributed by atoms with Crippen LogP contribution in [0.4, 0.5) is 0 Å². The van der Waals surface area contributed by atoms with E-state index in [1.165, 1.54) is 13.0 Å². The summed E-state index contributed by atoms with van der Waals surface area (Å²) in [7, 11) is 0. The fraction of sp³-hybridized carbons (Fsp3) is 0.375. The minimum atomic E-state index is -0.501. The van der Waals surface area contributed by atoms with Gasteiger partial charge in [0.05, 0.1) is 16.8 Å². The summed E-state index contributed by atoms with van der Waals surface area (Å²) in [6, 6.07) is 0. The number of halogens is 4. The van der Waals surface area contributed by atoms with Crippen molar-refractivity contribution in [2.45, 2.75) is 6.92 Å². The maximum absolute atomic E-state index is 10.7. The first-order chi connectivity index (χ1) is 6.51. The molecule has 0 radical (unpaired) electrons. The molecule has 0 aromatic carbocycles. The van der Waals surface area contributed by atoms with Gasteiger partial charge in [-0.25, -0.2) is 0 Å². The smallest absolute Gasteiger partial charge is 0.308 e. The molecule has 0 atom stereocenters. The molecule has 0 fully saturated rings. The maximum Gasteiger partial charge on any atom is 0.308 e. The van der Waals surface area contributed by atoms with Crippen molar-refractivity contribution < 1.29 is 9.53 Å². The number of alkyl halides is 2. The molecule has 80 valence electrons. The zero-order chi connectivity index (χ0) is 11.1. The number of hydrogen-bond donors (Lipinski definition) is 0. The van der Waals surface area contributed by atoms with Crippen LogP contribution in [0.2, 0.25) is 0 Å². The van der Waals surface area contributed by atoms with Crippen LogP contribution in [-0.2, 0) is 9.53 Å². The Morgan fingerprint density at radius 3 is 2.21 bits per heavy atom. The summed E-state index contributed by atoms with van der Waals surface area (Å²) in [5, 5.41) is 0.510. The summed E-state index contributed by atoms with van der Waals surface area (Å²) in [6.45, 7) is 1.25. The highest BCUT2D eigenvalue weighted by Gasteiger charge is 2.06. The van der Waals surface area contributed by atoms with E-state index in [-0.39, 0.29) is 22.6 Å². The molecule has 0 aliphatic rings. The second kappa shape index (κ2) is 7.41. The van der Waals surface area contributed by atoms with Gasteiger partial charge in [0, 0.05) is 12.0 Å². The van der Waals surface area contributed by atoms with Crippen LogP contribution in [-0.4, -0.2) is 17.7 Å². The van der Waals surface area contributed by atoms with E-state index in [4.69, 9.17) is 51.1 Å². The van der Waals surface area contributed by atoms with Crippen LogP contribution in [0.15, 0.2) is 21.9 Å². The molecule has 2 nitrogen and oxygen atoms in total. The third-order valence-electron chi connectivity index (χ3n) is 1.05. The van der Waals surface area contributed by atoms with Crippen molar-refractivity contribution in [3.05, 3.63) is 21.9 Å². The van der Waals surface area contributed by atoms with Crippen LogP contribution in [0.25, 0.3) is 0 Å². The Labute approximate surface area is 102 Å². The van der Waals surface area contributed by atoms with E-state index in [1.807, 2.05) is 0 Å². The van der Waals surface area contributed by atoms with Crippen molar-refractivity contribution in [2.75, 3.05) is 11.8 Å². The van der Waals surface area contributed by atoms with Gasteiger partial charge in [-0.05, 0) is 6.08 Å². The average molecular weight is 278 g/mol. The summed E-state index contributed by atoms with van der Waals surface area (Å²) in [4.78, 5) is 10.7. The molecular weight excluding hydrogens is 270 g/mol. The first kappa shape index (κ1) is 14.1. The number of allylic oxidation sites excluding steroid dienone is 3. The molecule has 0 aromatic rings. The second-order valence-electron chi connectivity index (χ2n) is 2.22. The fourth-order valence-corrected chi connectivity index (χ4v) is 0.966. The van der Waals surface area contributed by atoms with E-state index in [0.717, 1.165) is 0 Å². The number of carbonyl (C=O) groups excluding carboxylic acids is 1. The van der Waals surface area contributed by atoms with Crippen molar-refractivity contribution in [3.8, 4) is 0 Å². The van der Waals surface area contributed by atoms with Gasteiger partial charge in [0.15, 0.2) is 0 Å². The van der Waals surface area contributed by atoms with Crippen LogP contribution >= 0.6 is 46.4 Å². The number of carbonyl (C=O) groups is 1. The molecule has 0 amide bonds. The zero-order valence-electron chi connectivity index (χ0n) is 7.32. The number of hydrogen-bond acceptors (Lipinski definition) is 2. The molecule has 0 rings (SSSR count). The summed E-state index contributed by atoms with van der Waals surface area (Å²) in [5.74, 6) is -0.232. The highest BCUT2D eigenvalue weighted by atomic mass is 35.5. The Morgan fingerprint density at radius 1 is 1.29 bits per heavy atom. The van der Waals surface area contributed by atoms with Crippen molar-refractivity contribution >= 4 is 52.4 Å². The Hall–Kier alpha value is 0.110. The molecule has 0 saturated heterocycles. The van der Waals surface area contributed by atoms with Gasteiger partial charge in [-0.15, -0.1) is 23.2 Å². The summed E-state index contributed by atoms with van der Waals surface area (Å²) < 4.78 is 4.78. The molecule has 0 saturated carbocycles. The van der Waals surface area contributed by atoms with Gasteiger partial charge in [0.25, 0.3) is 0 Å². The lowest BCUT2D eigenvalue weighted by Gasteiger charge is -2.04. The Balaban J connectivity index is 4.83. The Morgan fingerprint density at radius 2 is 1.86 bits per heavy atom. The van der Waals surface area contributed by atoms with E-state index in [0.29, 0.717) is 5.03 Å². The summed E-state index contributed by atoms with van der Waals surface area (Å²) >= 11 is 22.3. The van der Waals surface area contributed by atoms with Gasteiger partial charge >= 0.3 is 5.97 Å². The highest BCUT2D eigenvalue weighted by Crippen LogP contribution is 2.18. The molecule has 0 bridgehead atoms. The van der Waals surface area contributed by atoms with Gasteiger partial charge in [-0.2, -0.15) is 0 Å². The normalized spacial score (nSPS) is 13.6. The van der Waals surface area contributed by atoms with E-state index in [1.54, 1.807) is 0 Å². The minimum Gasteiger partial charge on any atom is -0.425 e. The molecule has 0 N–H and O–H groups in total. The van der Waals surface area contributed by atoms with Gasteiger partial charge < -0.3 is 4.74 Å². The molecule has 0 aliphatic carbocycles. The predicted octanol–water partition coefficient (Wildman–Crippen LogP) is 3.60. The molecule has 14 heavy (non-hydrogen) atoms. The topological polar surface area (TPSA) is 26.3 Å². The maximum atomic E-state index is 10.7. The van der Waals surface area contributed by atoms with Gasteiger partial charge in [-0.1, -0.05) is 23.2 Å². The number of rotatable bonds is 4. The van der Waals surface area contributed by atoms with Gasteiger partial charge in [-0.3, -0.25) is 4.79 Å². The minimum absolute atomic E-state index is 0.0348. The quantitative estimate of drug-likeness (QED) is 0.340. The van der Waals surface area contributed by atoms with Gasteiger partial charge in [0.2, 0.25) is 0 Å². The Kier molecular flexibility index (Phi) is 7.47. The van der Waals surface area contributed by atoms with Gasteiger partial charge in [0.1, 0.15) is 5.76 Å². The molecule has 0 unspecified atom stereocenters. The predicted molar refractivity (Wildman–Crippen MR) is 60.0 cm³/mol. The van der Waals surface area contributed by atoms with Crippen molar-refractivity contribution in [3.63, 3.8) is 0 Å². The Bertz CT molecular complexity index is 271. The third kappa shape index (κ3) is 5.76. The van der Waals surface area contributed by atoms with Crippen molar-refractivity contribution in [1.82, 2.24) is 0 Å². The average Bonchev–Trinajstić information content (AvgIpc) is 2.14. The molecule has 0 aromatic heterocycles. The lowest BCUT2D eigenvalue weighted by atomic mass is 10.4. The molecule has 0 spiro atoms. The van der Waals surface area contributed by atoms with Crippen LogP contribution in [0.1, 0.15) is 6.92 Å². The van der Waals surface area contributed by atoms with Crippen molar-refractivity contribution in [2.24, 2.45) is 0 Å². The SMILES string of the molecule is CC(=O)OC(C=C(Cl)CCl)=C(Cl)CCl. The van der Waals surface area contributed by atoms with Crippen molar-refractivity contribution in [1.29, 1.82) is 0 Å². The standard InChI is InChI=1S/C8H8Cl4O2/c1-5(13)14-8(7(12)4-10)2-6(11)3-9/h2H,3-4H2,1H3. The van der Waals surface area contributed by atoms with E-state index >= 15 is 0 Å². The number of ether oxygens (including phenoxy) is 1. The molecular formula is C8H8Cl4O2. The molecule has 6 heteroatoms. The monoisotopic (exact) mass is 276 g/mol. The lowest BCUT2D eigenvalue weighted by molar-refractivity contribution is -0.136. The zero-order valence-corrected chi connectivity index (χ0v) is 10.3. The van der Waals surface area contributed by atoms with E-state index < -0.39 is 5.97 Å². The lowest BCUT2D eigenvalue weighted by Crippen LogP contribution is -2.00. The van der Waals surface area contributed by atoms with Crippen LogP contribution in [0.3, 0.4) is 0 Å². The van der Waals surface area contributed by atoms with E-state index in [2.05, 4.69) is 0 Å². The molecule has 0 heterocycles. The second-order valence-corrected chi connectivity index (χ2v) is 3.70. The molecule has 0 aliphatic heterocycles. The fourth-order valence-electron chi connectivity index (χ4n) is 0.565. The van der Waals surface area contributed by atoms with Crippen LogP contribution in [0.5, 0.6) is 0 Å². The summed E-state index contributed by atoms with van der Waals surface area (Å²) in [6.07, 6.45) is 1.36. The van der Waals surface area contributed by atoms with E-state index in [9.17, 15) is 4.79 Å². The third-order valence-corrected chi connectivity index (χ3v) is 2.45. The first-order valence-corrected chi connectivity index (χ1v) is 5.38.